The van der Waals surface area contributed by atoms with E-state index in [4.69, 9.17) is 0 Å². The molecule has 3 nitrogen and oxygen atoms in total. The molecule has 0 aliphatic carbocycles. The van der Waals surface area contributed by atoms with Gasteiger partial charge in [-0.3, -0.25) is 9.59 Å². The smallest absolute Gasteiger partial charge is 0.252 e. The van der Waals surface area contributed by atoms with Crippen molar-refractivity contribution in [2.24, 2.45) is 10.4 Å². The van der Waals surface area contributed by atoms with Crippen molar-refractivity contribution < 1.29 is 9.59 Å². The molecule has 66 valence electrons. The molecule has 0 saturated heterocycles. The van der Waals surface area contributed by atoms with E-state index in [1.807, 2.05) is 13.8 Å². The van der Waals surface area contributed by atoms with Gasteiger partial charge in [-0.25, -0.2) is 4.99 Å². The summed E-state index contributed by atoms with van der Waals surface area (Å²) in [6, 6.07) is 0. The lowest BCUT2D eigenvalue weighted by Crippen LogP contribution is -2.35. The van der Waals surface area contributed by atoms with Crippen LogP contribution < -0.4 is 0 Å². The van der Waals surface area contributed by atoms with Crippen molar-refractivity contribution in [2.45, 2.75) is 33.1 Å². The molecule has 12 heavy (non-hydrogen) atoms. The van der Waals surface area contributed by atoms with E-state index in [1.165, 1.54) is 0 Å². The molecule has 0 aromatic heterocycles. The molecular weight excluding hydrogens is 154 g/mol. The summed E-state index contributed by atoms with van der Waals surface area (Å²) in [6.45, 7) is 3.85. The third-order valence-corrected chi connectivity index (χ3v) is 2.65. The molecule has 0 spiro atoms. The number of amides is 1. The number of hydrogen-bond donors (Lipinski definition) is 0. The van der Waals surface area contributed by atoms with Crippen molar-refractivity contribution in [3.8, 4) is 0 Å². The van der Waals surface area contributed by atoms with Crippen LogP contribution in [-0.2, 0) is 9.59 Å². The zero-order valence-electron chi connectivity index (χ0n) is 7.46. The molecule has 3 heteroatoms. The van der Waals surface area contributed by atoms with Gasteiger partial charge in [-0.05, 0) is 12.8 Å². The second-order valence-electron chi connectivity index (χ2n) is 3.19. The van der Waals surface area contributed by atoms with E-state index in [0.717, 1.165) is 6.21 Å². The molecule has 0 unspecified atom stereocenters. The predicted octanol–water partition coefficient (Wildman–Crippen LogP) is 1.36. The fourth-order valence-corrected chi connectivity index (χ4v) is 1.52. The number of ketones is 1. The molecule has 1 aliphatic heterocycles. The molecule has 0 N–H and O–H groups in total. The van der Waals surface area contributed by atoms with Crippen LogP contribution in [0.3, 0.4) is 0 Å². The van der Waals surface area contributed by atoms with Crippen LogP contribution >= 0.6 is 0 Å². The number of Topliss-reactive ketones (excluding diaryl/α,β-unsaturated/α-hetero) is 1. The van der Waals surface area contributed by atoms with E-state index < -0.39 is 5.41 Å². The molecule has 1 rings (SSSR count). The lowest BCUT2D eigenvalue weighted by Gasteiger charge is -2.28. The van der Waals surface area contributed by atoms with Crippen LogP contribution in [0.4, 0.5) is 0 Å². The van der Waals surface area contributed by atoms with Crippen molar-refractivity contribution in [2.75, 3.05) is 0 Å². The van der Waals surface area contributed by atoms with E-state index >= 15 is 0 Å². The van der Waals surface area contributed by atoms with Gasteiger partial charge < -0.3 is 0 Å². The Hall–Kier alpha value is -0.990. The van der Waals surface area contributed by atoms with Crippen molar-refractivity contribution >= 4 is 17.9 Å². The van der Waals surface area contributed by atoms with Gasteiger partial charge in [0, 0.05) is 6.42 Å². The first kappa shape index (κ1) is 9.10. The van der Waals surface area contributed by atoms with Crippen molar-refractivity contribution in [1.29, 1.82) is 0 Å². The first-order valence-electron chi connectivity index (χ1n) is 4.26. The molecule has 1 aliphatic rings. The quantitative estimate of drug-likeness (QED) is 0.623. The van der Waals surface area contributed by atoms with Gasteiger partial charge in [0.15, 0.2) is 5.78 Å². The fourth-order valence-electron chi connectivity index (χ4n) is 1.52. The highest BCUT2D eigenvalue weighted by molar-refractivity contribution is 6.32. The minimum Gasteiger partial charge on any atom is -0.293 e. The minimum absolute atomic E-state index is 0.0294. The topological polar surface area (TPSA) is 46.5 Å². The van der Waals surface area contributed by atoms with Crippen LogP contribution in [0.5, 0.6) is 0 Å². The predicted molar refractivity (Wildman–Crippen MR) is 46.1 cm³/mol. The second-order valence-corrected chi connectivity index (χ2v) is 3.19. The minimum atomic E-state index is -0.494. The van der Waals surface area contributed by atoms with Crippen molar-refractivity contribution in [3.63, 3.8) is 0 Å². The number of carbonyl (C=O) groups is 2. The third-order valence-electron chi connectivity index (χ3n) is 2.65. The van der Waals surface area contributed by atoms with Gasteiger partial charge in [0.05, 0.1) is 11.6 Å². The summed E-state index contributed by atoms with van der Waals surface area (Å²) in [5.74, 6) is -0.162. The highest BCUT2D eigenvalue weighted by atomic mass is 16.2. The van der Waals surface area contributed by atoms with Crippen molar-refractivity contribution in [1.82, 2.24) is 0 Å². The summed E-state index contributed by atoms with van der Waals surface area (Å²) < 4.78 is 0. The summed E-state index contributed by atoms with van der Waals surface area (Å²) in [7, 11) is 0. The largest absolute Gasteiger partial charge is 0.293 e. The van der Waals surface area contributed by atoms with E-state index in [9.17, 15) is 9.59 Å². The maximum Gasteiger partial charge on any atom is 0.252 e. The monoisotopic (exact) mass is 167 g/mol. The lowest BCUT2D eigenvalue weighted by atomic mass is 9.76. The highest BCUT2D eigenvalue weighted by Crippen LogP contribution is 2.33. The van der Waals surface area contributed by atoms with Crippen LogP contribution in [0.2, 0.25) is 0 Å². The Morgan fingerprint density at radius 1 is 1.42 bits per heavy atom. The van der Waals surface area contributed by atoms with E-state index in [2.05, 4.69) is 4.99 Å². The normalized spacial score (nSPS) is 21.5. The Morgan fingerprint density at radius 2 is 2.00 bits per heavy atom. The van der Waals surface area contributed by atoms with Crippen molar-refractivity contribution in [3.05, 3.63) is 0 Å². The summed E-state index contributed by atoms with van der Waals surface area (Å²) in [5, 5.41) is 0. The summed E-state index contributed by atoms with van der Waals surface area (Å²) in [5.41, 5.74) is -0.494. The average Bonchev–Trinajstić information content (AvgIpc) is 2.09. The maximum absolute atomic E-state index is 11.4. The molecule has 0 bridgehead atoms. The van der Waals surface area contributed by atoms with E-state index in [1.54, 1.807) is 0 Å². The van der Waals surface area contributed by atoms with Gasteiger partial charge in [-0.15, -0.1) is 0 Å². The van der Waals surface area contributed by atoms with Crippen LogP contribution in [0, 0.1) is 5.41 Å². The van der Waals surface area contributed by atoms with E-state index in [0.29, 0.717) is 19.3 Å². The fraction of sp³-hybridized carbons (Fsp3) is 0.667. The van der Waals surface area contributed by atoms with Crippen LogP contribution in [0.1, 0.15) is 33.1 Å². The Bertz CT molecular complexity index is 239. The Morgan fingerprint density at radius 3 is 2.42 bits per heavy atom. The summed E-state index contributed by atoms with van der Waals surface area (Å²) in [4.78, 5) is 26.0. The van der Waals surface area contributed by atoms with Crippen LogP contribution in [0.15, 0.2) is 4.99 Å². The Balaban J connectivity index is 2.96. The molecular formula is C9H13NO2. The molecule has 0 atom stereocenters. The first-order valence-corrected chi connectivity index (χ1v) is 4.26. The molecule has 0 aromatic carbocycles. The van der Waals surface area contributed by atoms with Gasteiger partial charge in [-0.2, -0.15) is 0 Å². The Kier molecular flexibility index (Phi) is 2.40. The zero-order valence-corrected chi connectivity index (χ0v) is 7.46. The SMILES string of the molecule is CCC1(CC)CC(=O)C=NC1=O. The van der Waals surface area contributed by atoms with Gasteiger partial charge in [0.25, 0.3) is 5.91 Å². The number of hydrogen-bond acceptors (Lipinski definition) is 2. The van der Waals surface area contributed by atoms with Gasteiger partial charge in [-0.1, -0.05) is 13.8 Å². The number of aliphatic imine (C=N–C) groups is 1. The lowest BCUT2D eigenvalue weighted by molar-refractivity contribution is -0.133. The van der Waals surface area contributed by atoms with Crippen LogP contribution in [0.25, 0.3) is 0 Å². The molecule has 0 radical (unpaired) electrons. The average molecular weight is 167 g/mol. The number of rotatable bonds is 2. The van der Waals surface area contributed by atoms with E-state index in [-0.39, 0.29) is 11.7 Å². The van der Waals surface area contributed by atoms with Gasteiger partial charge in [0.1, 0.15) is 0 Å². The zero-order chi connectivity index (χ0) is 9.19. The highest BCUT2D eigenvalue weighted by Gasteiger charge is 2.38. The summed E-state index contributed by atoms with van der Waals surface area (Å²) in [6.07, 6.45) is 2.88. The number of carbonyl (C=O) groups excluding carboxylic acids is 2. The third kappa shape index (κ3) is 1.31. The van der Waals surface area contributed by atoms with Gasteiger partial charge in [0.2, 0.25) is 0 Å². The molecule has 0 aromatic rings. The summed E-state index contributed by atoms with van der Waals surface area (Å²) >= 11 is 0. The molecule has 0 saturated carbocycles. The second kappa shape index (κ2) is 3.17. The molecule has 0 fully saturated rings. The first-order chi connectivity index (χ1) is 5.64. The maximum atomic E-state index is 11.4. The molecule has 1 amide bonds. The molecule has 1 heterocycles. The van der Waals surface area contributed by atoms with Gasteiger partial charge >= 0.3 is 0 Å². The van der Waals surface area contributed by atoms with Crippen LogP contribution in [-0.4, -0.2) is 17.9 Å². The Labute approximate surface area is 71.9 Å². The number of nitrogens with zero attached hydrogens (tertiary/aromatic N) is 1. The standard InChI is InChI=1S/C9H13NO2/c1-3-9(4-2)5-7(11)6-10-8(9)12/h6H,3-5H2,1-2H3.